The fraction of sp³-hybridized carbons (Fsp3) is 0.233. The molecule has 5 rings (SSSR count). The molecule has 0 spiro atoms. The van der Waals surface area contributed by atoms with Crippen LogP contribution in [0.5, 0.6) is 0 Å². The molecule has 1 N–H and O–H groups in total. The van der Waals surface area contributed by atoms with E-state index in [2.05, 4.69) is 14.9 Å². The number of nitrogens with one attached hydrogen (secondary N) is 1. The Morgan fingerprint density at radius 3 is 2.44 bits per heavy atom. The van der Waals surface area contributed by atoms with Crippen molar-refractivity contribution in [1.29, 1.82) is 0 Å². The lowest BCUT2D eigenvalue weighted by Gasteiger charge is -2.23. The number of aromatic nitrogens is 2. The second-order valence-corrected chi connectivity index (χ2v) is 11.6. The third-order valence-corrected chi connectivity index (χ3v) is 8.66. The monoisotopic (exact) mass is 560 g/mol. The van der Waals surface area contributed by atoms with Gasteiger partial charge in [-0.1, -0.05) is 67.1 Å². The molecule has 1 aromatic heterocycles. The number of carbonyl (C=O) groups is 1. The Balaban J connectivity index is 1.43. The van der Waals surface area contributed by atoms with Gasteiger partial charge in [0.15, 0.2) is 11.0 Å². The van der Waals surface area contributed by atoms with Gasteiger partial charge in [0.05, 0.1) is 10.6 Å². The van der Waals surface area contributed by atoms with E-state index in [1.54, 1.807) is 24.3 Å². The van der Waals surface area contributed by atoms with E-state index >= 15 is 0 Å². The summed E-state index contributed by atoms with van der Waals surface area (Å²) in [5.41, 5.74) is 4.63. The van der Waals surface area contributed by atoms with Gasteiger partial charge in [-0.05, 0) is 84.3 Å². The van der Waals surface area contributed by atoms with E-state index in [0.717, 1.165) is 35.1 Å². The van der Waals surface area contributed by atoms with Crippen molar-refractivity contribution in [3.8, 4) is 0 Å². The van der Waals surface area contributed by atoms with Crippen LogP contribution in [0.15, 0.2) is 89.8 Å². The van der Waals surface area contributed by atoms with E-state index in [4.69, 9.17) is 11.6 Å². The minimum absolute atomic E-state index is 0.151. The molecule has 1 heterocycles. The largest absolute Gasteiger partial charge is 0.274 e. The van der Waals surface area contributed by atoms with Gasteiger partial charge in [-0.3, -0.25) is 9.69 Å². The van der Waals surface area contributed by atoms with Crippen LogP contribution in [0.1, 0.15) is 48.1 Å². The molecule has 0 aliphatic heterocycles. The van der Waals surface area contributed by atoms with Gasteiger partial charge < -0.3 is 0 Å². The van der Waals surface area contributed by atoms with E-state index < -0.39 is 16.1 Å². The zero-order chi connectivity index (χ0) is 27.4. The Labute approximate surface area is 233 Å². The zero-order valence-electron chi connectivity index (χ0n) is 21.5. The first-order valence-corrected chi connectivity index (χ1v) is 14.8. The highest BCUT2D eigenvalue weighted by atomic mass is 35.5. The second-order valence-electron chi connectivity index (χ2n) is 9.52. The minimum Gasteiger partial charge on any atom is -0.274 e. The lowest BCUT2D eigenvalue weighted by Crippen LogP contribution is -2.29. The molecule has 1 aliphatic rings. The molecule has 1 aliphatic carbocycles. The number of fused-ring (bicyclic) bond motifs is 1. The molecular formula is C30H29ClN4O3S. The molecule has 7 nitrogen and oxygen atoms in total. The number of hydrogen-bond donors (Lipinski definition) is 1. The number of benzene rings is 3. The number of amides is 1. The maximum Gasteiger partial charge on any atom is 0.241 e. The first-order chi connectivity index (χ1) is 18.8. The molecule has 0 saturated heterocycles. The molecule has 39 heavy (non-hydrogen) atoms. The van der Waals surface area contributed by atoms with Crippen molar-refractivity contribution >= 4 is 39.0 Å². The molecule has 0 fully saturated rings. The number of nitrogens with zero attached hydrogens (tertiary/aromatic N) is 3. The average Bonchev–Trinajstić information content (AvgIpc) is 3.35. The lowest BCUT2D eigenvalue weighted by molar-refractivity contribution is -0.117. The van der Waals surface area contributed by atoms with Crippen LogP contribution in [0.2, 0.25) is 5.15 Å². The molecule has 1 unspecified atom stereocenters. The van der Waals surface area contributed by atoms with Crippen molar-refractivity contribution < 1.29 is 13.2 Å². The Hall–Kier alpha value is -3.59. The Bertz CT molecular complexity index is 1560. The van der Waals surface area contributed by atoms with Gasteiger partial charge in [0.25, 0.3) is 0 Å². The highest BCUT2D eigenvalue weighted by molar-refractivity contribution is 7.89. The summed E-state index contributed by atoms with van der Waals surface area (Å²) in [6, 6.07) is 25.3. The van der Waals surface area contributed by atoms with Crippen molar-refractivity contribution in [2.24, 2.45) is 0 Å². The van der Waals surface area contributed by atoms with Crippen LogP contribution >= 0.6 is 11.6 Å². The average molecular weight is 561 g/mol. The molecule has 0 bridgehead atoms. The van der Waals surface area contributed by atoms with Crippen LogP contribution in [0.3, 0.4) is 0 Å². The summed E-state index contributed by atoms with van der Waals surface area (Å²) in [5.74, 6) is 0.199. The summed E-state index contributed by atoms with van der Waals surface area (Å²) in [6.07, 6.45) is 3.04. The second kappa shape index (κ2) is 11.7. The van der Waals surface area contributed by atoms with Crippen molar-refractivity contribution in [1.82, 2.24) is 14.9 Å². The lowest BCUT2D eigenvalue weighted by atomic mass is 10.1. The van der Waals surface area contributed by atoms with Gasteiger partial charge in [-0.15, -0.1) is 10.2 Å². The highest BCUT2D eigenvalue weighted by Crippen LogP contribution is 2.37. The number of halogens is 1. The van der Waals surface area contributed by atoms with Crippen LogP contribution in [-0.2, 0) is 34.1 Å². The summed E-state index contributed by atoms with van der Waals surface area (Å²) in [7, 11) is -3.72. The first kappa shape index (κ1) is 27.0. The number of anilines is 2. The van der Waals surface area contributed by atoms with Crippen LogP contribution in [0, 0.1) is 0 Å². The number of aryl methyl sites for hydroxylation is 3. The predicted octanol–water partition coefficient (Wildman–Crippen LogP) is 5.96. The number of rotatable bonds is 9. The topological polar surface area (TPSA) is 92.3 Å². The van der Waals surface area contributed by atoms with E-state index in [-0.39, 0.29) is 22.4 Å². The maximum atomic E-state index is 13.6. The highest BCUT2D eigenvalue weighted by Gasteiger charge is 2.29. The number of hydrogen-bond acceptors (Lipinski definition) is 5. The van der Waals surface area contributed by atoms with Gasteiger partial charge in [0, 0.05) is 12.5 Å². The standard InChI is InChI=1S/C30H29ClN4O3S/c1-2-21-8-14-25(15-9-21)39(37,38)34-27-16-12-23-11-13-24(20-26(23)27)35(29-18-17-28(31)32-33-29)30(36)19-10-22-6-4-3-5-7-22/h3-9,11,13-15,17-18,20,27,34H,2,10,12,16,19H2,1H3. The smallest absolute Gasteiger partial charge is 0.241 e. The predicted molar refractivity (Wildman–Crippen MR) is 153 cm³/mol. The van der Waals surface area contributed by atoms with Crippen molar-refractivity contribution in [2.75, 3.05) is 4.90 Å². The van der Waals surface area contributed by atoms with E-state index in [0.29, 0.717) is 24.3 Å². The van der Waals surface area contributed by atoms with Crippen molar-refractivity contribution in [2.45, 2.75) is 50.0 Å². The first-order valence-electron chi connectivity index (χ1n) is 12.9. The normalized spacial score (nSPS) is 14.7. The van der Waals surface area contributed by atoms with Crippen LogP contribution in [0.4, 0.5) is 11.5 Å². The summed E-state index contributed by atoms with van der Waals surface area (Å²) < 4.78 is 29.3. The van der Waals surface area contributed by atoms with Gasteiger partial charge in [0.1, 0.15) is 0 Å². The zero-order valence-corrected chi connectivity index (χ0v) is 23.1. The summed E-state index contributed by atoms with van der Waals surface area (Å²) in [4.78, 5) is 15.3. The number of carbonyl (C=O) groups excluding carboxylic acids is 1. The fourth-order valence-electron chi connectivity index (χ4n) is 4.85. The summed E-state index contributed by atoms with van der Waals surface area (Å²) in [5, 5.41) is 8.33. The Morgan fingerprint density at radius 2 is 1.74 bits per heavy atom. The molecular weight excluding hydrogens is 532 g/mol. The fourth-order valence-corrected chi connectivity index (χ4v) is 6.20. The summed E-state index contributed by atoms with van der Waals surface area (Å²) in [6.45, 7) is 2.03. The molecule has 9 heteroatoms. The molecule has 200 valence electrons. The van der Waals surface area contributed by atoms with Crippen LogP contribution in [0.25, 0.3) is 0 Å². The maximum absolute atomic E-state index is 13.6. The Kier molecular flexibility index (Phi) is 8.07. The van der Waals surface area contributed by atoms with E-state index in [9.17, 15) is 13.2 Å². The molecule has 1 amide bonds. The van der Waals surface area contributed by atoms with Gasteiger partial charge in [-0.25, -0.2) is 13.1 Å². The Morgan fingerprint density at radius 1 is 0.974 bits per heavy atom. The quantitative estimate of drug-likeness (QED) is 0.273. The van der Waals surface area contributed by atoms with E-state index in [1.807, 2.05) is 67.6 Å². The van der Waals surface area contributed by atoms with Gasteiger partial charge in [0.2, 0.25) is 15.9 Å². The van der Waals surface area contributed by atoms with Crippen molar-refractivity contribution in [3.05, 3.63) is 112 Å². The molecule has 0 saturated carbocycles. The molecule has 1 atom stereocenters. The molecule has 3 aromatic carbocycles. The van der Waals surface area contributed by atoms with Gasteiger partial charge in [-0.2, -0.15) is 0 Å². The number of sulfonamides is 1. The third-order valence-electron chi connectivity index (χ3n) is 6.97. The van der Waals surface area contributed by atoms with Gasteiger partial charge >= 0.3 is 0 Å². The van der Waals surface area contributed by atoms with Crippen LogP contribution < -0.4 is 9.62 Å². The molecule has 0 radical (unpaired) electrons. The van der Waals surface area contributed by atoms with Crippen molar-refractivity contribution in [3.63, 3.8) is 0 Å². The van der Waals surface area contributed by atoms with E-state index in [1.165, 1.54) is 4.90 Å². The SMILES string of the molecule is CCc1ccc(S(=O)(=O)NC2CCc3ccc(N(C(=O)CCc4ccccc4)c4ccc(Cl)nn4)cc32)cc1. The molecule has 4 aromatic rings. The van der Waals surface area contributed by atoms with Crippen LogP contribution in [-0.4, -0.2) is 24.5 Å². The summed E-state index contributed by atoms with van der Waals surface area (Å²) >= 11 is 5.97. The third kappa shape index (κ3) is 6.19. The minimum atomic E-state index is -3.72.